The lowest BCUT2D eigenvalue weighted by atomic mass is 10.1. The van der Waals surface area contributed by atoms with E-state index in [9.17, 15) is 24.0 Å². The van der Waals surface area contributed by atoms with Gasteiger partial charge in [0, 0.05) is 41.2 Å². The number of carboxylic acid groups (broad SMARTS) is 3. The number of aromatic nitrogens is 5. The molecule has 0 saturated carbocycles. The number of nitrogens with one attached hydrogen (secondary N) is 4. The highest BCUT2D eigenvalue weighted by molar-refractivity contribution is 5.97. The second kappa shape index (κ2) is 16.3. The molecule has 0 aliphatic carbocycles. The van der Waals surface area contributed by atoms with Gasteiger partial charge in [-0.2, -0.15) is 4.98 Å². The molecule has 0 spiro atoms. The first-order valence-corrected chi connectivity index (χ1v) is 14.1. The molecule has 17 heteroatoms. The number of rotatable bonds is 12. The molecular formula is C31H35N9O8. The summed E-state index contributed by atoms with van der Waals surface area (Å²) < 4.78 is 0. The smallest absolute Gasteiger partial charge is 0.326 e. The van der Waals surface area contributed by atoms with Crippen molar-refractivity contribution in [3.63, 3.8) is 0 Å². The number of anilines is 2. The van der Waals surface area contributed by atoms with Crippen LogP contribution in [-0.2, 0) is 27.3 Å². The molecular weight excluding hydrogens is 626 g/mol. The maximum atomic E-state index is 12.3. The van der Waals surface area contributed by atoms with Crippen molar-refractivity contribution in [2.45, 2.75) is 45.3 Å². The maximum absolute atomic E-state index is 12.3. The van der Waals surface area contributed by atoms with Crippen LogP contribution in [0.25, 0.3) is 22.1 Å². The molecule has 0 bridgehead atoms. The number of carbonyl (C=O) groups is 4. The second-order valence-corrected chi connectivity index (χ2v) is 10.2. The van der Waals surface area contributed by atoms with Crippen LogP contribution in [0.2, 0.25) is 0 Å². The highest BCUT2D eigenvalue weighted by atomic mass is 16.4. The summed E-state index contributed by atoms with van der Waals surface area (Å²) in [4.78, 5) is 74.3. The predicted molar refractivity (Wildman–Crippen MR) is 176 cm³/mol. The fourth-order valence-electron chi connectivity index (χ4n) is 4.38. The fraction of sp³-hybridized carbons (Fsp3) is 0.226. The number of hydrogen-bond donors (Lipinski definition) is 9. The van der Waals surface area contributed by atoms with Gasteiger partial charge in [0.05, 0.1) is 18.4 Å². The minimum Gasteiger partial charge on any atom is -0.481 e. The van der Waals surface area contributed by atoms with Crippen LogP contribution in [0.4, 0.5) is 11.6 Å². The molecule has 11 N–H and O–H groups in total. The third kappa shape index (κ3) is 9.57. The normalized spacial score (nSPS) is 11.8. The molecule has 0 radical (unpaired) electrons. The van der Waals surface area contributed by atoms with E-state index in [0.717, 1.165) is 16.5 Å². The Morgan fingerprint density at radius 3 is 2.33 bits per heavy atom. The SMILES string of the molecule is C.NC(Cc1c[nH]c2ccccc12)C(=O)O.Nc1nc2ncc(CNc3ccc(C(=O)NC(CCC(=O)O)C(=O)O)cc3)nc2c(=O)[nH]1. The van der Waals surface area contributed by atoms with Crippen molar-refractivity contribution in [1.29, 1.82) is 0 Å². The van der Waals surface area contributed by atoms with E-state index in [4.69, 9.17) is 26.8 Å². The zero-order valence-electron chi connectivity index (χ0n) is 24.6. The number of aromatic amines is 2. The van der Waals surface area contributed by atoms with Crippen molar-refractivity contribution >= 4 is 57.5 Å². The number of H-pyrrole nitrogens is 2. The zero-order chi connectivity index (χ0) is 34.1. The average Bonchev–Trinajstić information content (AvgIpc) is 3.44. The third-order valence-corrected chi connectivity index (χ3v) is 6.79. The summed E-state index contributed by atoms with van der Waals surface area (Å²) in [5.74, 6) is -4.13. The molecule has 0 fully saturated rings. The molecule has 0 aliphatic heterocycles. The summed E-state index contributed by atoms with van der Waals surface area (Å²) in [6, 6.07) is 11.8. The molecule has 17 nitrogen and oxygen atoms in total. The van der Waals surface area contributed by atoms with Gasteiger partial charge in [0.15, 0.2) is 11.2 Å². The van der Waals surface area contributed by atoms with Crippen LogP contribution in [0.15, 0.2) is 65.7 Å². The first kappa shape index (κ1) is 36.1. The lowest BCUT2D eigenvalue weighted by Crippen LogP contribution is -2.41. The van der Waals surface area contributed by atoms with Gasteiger partial charge in [-0.1, -0.05) is 25.6 Å². The summed E-state index contributed by atoms with van der Waals surface area (Å²) in [6.45, 7) is 0.231. The van der Waals surface area contributed by atoms with Gasteiger partial charge in [0.25, 0.3) is 11.5 Å². The number of carbonyl (C=O) groups excluding carboxylic acids is 1. The minimum atomic E-state index is -1.31. The number of nitrogen functional groups attached to an aromatic ring is 1. The summed E-state index contributed by atoms with van der Waals surface area (Å²) in [6.07, 6.45) is 3.00. The van der Waals surface area contributed by atoms with Crippen molar-refractivity contribution in [2.24, 2.45) is 5.73 Å². The second-order valence-electron chi connectivity index (χ2n) is 10.2. The van der Waals surface area contributed by atoms with E-state index in [1.54, 1.807) is 12.1 Å². The van der Waals surface area contributed by atoms with E-state index >= 15 is 0 Å². The number of fused-ring (bicyclic) bond motifs is 2. The monoisotopic (exact) mass is 661 g/mol. The van der Waals surface area contributed by atoms with Crippen LogP contribution in [-0.4, -0.2) is 76.1 Å². The minimum absolute atomic E-state index is 0. The van der Waals surface area contributed by atoms with E-state index in [0.29, 0.717) is 17.8 Å². The summed E-state index contributed by atoms with van der Waals surface area (Å²) in [5, 5.41) is 33.0. The molecule has 2 aromatic carbocycles. The predicted octanol–water partition coefficient (Wildman–Crippen LogP) is 1.71. The van der Waals surface area contributed by atoms with Gasteiger partial charge in [-0.25, -0.2) is 14.8 Å². The highest BCUT2D eigenvalue weighted by Crippen LogP contribution is 2.18. The molecule has 3 aromatic heterocycles. The summed E-state index contributed by atoms with van der Waals surface area (Å²) in [5.41, 5.74) is 13.9. The van der Waals surface area contributed by atoms with E-state index in [1.807, 2.05) is 30.5 Å². The van der Waals surface area contributed by atoms with Gasteiger partial charge < -0.3 is 42.4 Å². The van der Waals surface area contributed by atoms with Crippen molar-refractivity contribution in [1.82, 2.24) is 30.2 Å². The van der Waals surface area contributed by atoms with Crippen molar-refractivity contribution in [3.05, 3.63) is 88.1 Å². The zero-order valence-corrected chi connectivity index (χ0v) is 24.6. The Hall–Kier alpha value is -6.36. The average molecular weight is 662 g/mol. The lowest BCUT2D eigenvalue weighted by Gasteiger charge is -2.14. The van der Waals surface area contributed by atoms with Crippen LogP contribution in [0.1, 0.15) is 41.9 Å². The van der Waals surface area contributed by atoms with Crippen molar-refractivity contribution in [3.8, 4) is 0 Å². The number of nitrogens with zero attached hydrogens (tertiary/aromatic N) is 3. The topological polar surface area (TPSA) is 292 Å². The Labute approximate surface area is 272 Å². The Kier molecular flexibility index (Phi) is 12.2. The quantitative estimate of drug-likeness (QED) is 0.0920. The van der Waals surface area contributed by atoms with Gasteiger partial charge in [0.2, 0.25) is 5.95 Å². The number of para-hydroxylation sites is 1. The summed E-state index contributed by atoms with van der Waals surface area (Å²) >= 11 is 0. The molecule has 0 aliphatic rings. The maximum Gasteiger partial charge on any atom is 0.326 e. The van der Waals surface area contributed by atoms with Crippen molar-refractivity contribution < 1.29 is 34.5 Å². The molecule has 3 heterocycles. The van der Waals surface area contributed by atoms with Crippen LogP contribution in [0.3, 0.4) is 0 Å². The standard InChI is InChI=1S/C19H19N7O6.C11H12N2O2.CH4/c20-19-25-15-14(17(30)26-19)23-11(8-22-15)7-21-10-3-1-9(2-4-10)16(29)24-12(18(31)32)5-6-13(27)28;12-9(11(14)15)5-7-6-13-10-4-2-1-3-8(7)10;/h1-4,8,12,21H,5-7H2,(H,24,29)(H,27,28)(H,31,32)(H3,20,22,25,26,30);1-4,6,9,13H,5,12H2,(H,14,15);1H4. The molecule has 5 rings (SSSR count). The van der Waals surface area contributed by atoms with Gasteiger partial charge in [-0.3, -0.25) is 24.2 Å². The van der Waals surface area contributed by atoms with Gasteiger partial charge >= 0.3 is 17.9 Å². The largest absolute Gasteiger partial charge is 0.481 e. The molecule has 5 aromatic rings. The number of hydrogen-bond acceptors (Lipinski definition) is 11. The van der Waals surface area contributed by atoms with E-state index in [1.165, 1.54) is 18.3 Å². The lowest BCUT2D eigenvalue weighted by molar-refractivity contribution is -0.141. The molecule has 2 unspecified atom stereocenters. The Morgan fingerprint density at radius 2 is 1.67 bits per heavy atom. The first-order chi connectivity index (χ1) is 22.4. The van der Waals surface area contributed by atoms with E-state index in [2.05, 4.69) is 35.6 Å². The Morgan fingerprint density at radius 1 is 0.958 bits per heavy atom. The highest BCUT2D eigenvalue weighted by Gasteiger charge is 2.21. The van der Waals surface area contributed by atoms with Crippen LogP contribution in [0, 0.1) is 0 Å². The van der Waals surface area contributed by atoms with Crippen LogP contribution in [0.5, 0.6) is 0 Å². The number of carboxylic acids is 3. The first-order valence-electron chi connectivity index (χ1n) is 14.1. The van der Waals surface area contributed by atoms with E-state index in [-0.39, 0.29) is 49.5 Å². The number of amides is 1. The number of aliphatic carboxylic acids is 3. The van der Waals surface area contributed by atoms with Gasteiger partial charge in [0.1, 0.15) is 12.1 Å². The molecule has 2 atom stereocenters. The Bertz CT molecular complexity index is 1970. The summed E-state index contributed by atoms with van der Waals surface area (Å²) in [7, 11) is 0. The van der Waals surface area contributed by atoms with Gasteiger partial charge in [-0.05, 0) is 42.3 Å². The number of benzene rings is 2. The molecule has 252 valence electrons. The van der Waals surface area contributed by atoms with E-state index < -0.39 is 41.5 Å². The Balaban J connectivity index is 0.000000326. The molecule has 1 amide bonds. The molecule has 0 saturated heterocycles. The molecule has 48 heavy (non-hydrogen) atoms. The van der Waals surface area contributed by atoms with Crippen molar-refractivity contribution in [2.75, 3.05) is 11.1 Å². The van der Waals surface area contributed by atoms with Crippen LogP contribution >= 0.6 is 0 Å². The fourth-order valence-corrected chi connectivity index (χ4v) is 4.38. The van der Waals surface area contributed by atoms with Crippen LogP contribution < -0.4 is 27.7 Å². The third-order valence-electron chi connectivity index (χ3n) is 6.79. The number of nitrogens with two attached hydrogens (primary N) is 2. The van der Waals surface area contributed by atoms with Gasteiger partial charge in [-0.15, -0.1) is 0 Å².